The first-order valence-corrected chi connectivity index (χ1v) is 8.12. The Morgan fingerprint density at radius 3 is 2.25 bits per heavy atom. The van der Waals surface area contributed by atoms with Gasteiger partial charge in [0.05, 0.1) is 12.7 Å². The minimum atomic E-state index is 0.240. The molecule has 1 aliphatic rings. The van der Waals surface area contributed by atoms with Gasteiger partial charge < -0.3 is 4.74 Å². The van der Waals surface area contributed by atoms with Gasteiger partial charge in [-0.3, -0.25) is 0 Å². The van der Waals surface area contributed by atoms with E-state index in [4.69, 9.17) is 4.74 Å². The second kappa shape index (κ2) is 6.30. The highest BCUT2D eigenvalue weighted by atomic mass is 16.6. The van der Waals surface area contributed by atoms with Crippen LogP contribution in [0, 0.1) is 5.92 Å². The Balaban J connectivity index is 2.10. The summed E-state index contributed by atoms with van der Waals surface area (Å²) in [6.07, 6.45) is 4.26. The van der Waals surface area contributed by atoms with Gasteiger partial charge >= 0.3 is 0 Å². The molecule has 1 aliphatic heterocycles. The fraction of sp³-hybridized carbons (Fsp3) is 0.684. The predicted molar refractivity (Wildman–Crippen MR) is 86.3 cm³/mol. The molecule has 1 nitrogen and oxygen atoms in total. The third kappa shape index (κ3) is 4.34. The Kier molecular flexibility index (Phi) is 4.90. The minimum absolute atomic E-state index is 0.240. The predicted octanol–water partition coefficient (Wildman–Crippen LogP) is 5.29. The van der Waals surface area contributed by atoms with E-state index in [0.717, 1.165) is 12.5 Å². The first kappa shape index (κ1) is 15.6. The van der Waals surface area contributed by atoms with Gasteiger partial charge in [-0.1, -0.05) is 65.3 Å². The van der Waals surface area contributed by atoms with Gasteiger partial charge in [-0.25, -0.2) is 0 Å². The van der Waals surface area contributed by atoms with Crippen LogP contribution in [0.25, 0.3) is 0 Å². The molecule has 112 valence electrons. The topological polar surface area (TPSA) is 12.5 Å². The largest absolute Gasteiger partial charge is 0.373 e. The SMILES string of the molecule is CCC(C)CC(CC1CO1)c1ccc(C(C)(C)C)cc1. The van der Waals surface area contributed by atoms with E-state index >= 15 is 0 Å². The molecular formula is C19H30O. The third-order valence-corrected chi connectivity index (χ3v) is 4.58. The van der Waals surface area contributed by atoms with Crippen molar-refractivity contribution in [2.24, 2.45) is 5.92 Å². The molecule has 3 atom stereocenters. The summed E-state index contributed by atoms with van der Waals surface area (Å²) >= 11 is 0. The van der Waals surface area contributed by atoms with Gasteiger partial charge in [0.15, 0.2) is 0 Å². The van der Waals surface area contributed by atoms with Crippen LogP contribution >= 0.6 is 0 Å². The lowest BCUT2D eigenvalue weighted by atomic mass is 9.82. The second-order valence-corrected chi connectivity index (χ2v) is 7.51. The summed E-state index contributed by atoms with van der Waals surface area (Å²) in [6.45, 7) is 12.4. The van der Waals surface area contributed by atoms with Crippen LogP contribution in [0.1, 0.15) is 70.9 Å². The van der Waals surface area contributed by atoms with Crippen molar-refractivity contribution in [3.8, 4) is 0 Å². The molecule has 0 spiro atoms. The van der Waals surface area contributed by atoms with Gasteiger partial charge in [0, 0.05) is 0 Å². The summed E-state index contributed by atoms with van der Waals surface area (Å²) in [5.41, 5.74) is 3.16. The van der Waals surface area contributed by atoms with Crippen LogP contribution in [0.5, 0.6) is 0 Å². The van der Waals surface area contributed by atoms with Crippen molar-refractivity contribution in [3.63, 3.8) is 0 Å². The van der Waals surface area contributed by atoms with Crippen molar-refractivity contribution in [3.05, 3.63) is 35.4 Å². The summed E-state index contributed by atoms with van der Waals surface area (Å²) in [6, 6.07) is 9.31. The van der Waals surface area contributed by atoms with Gasteiger partial charge in [0.1, 0.15) is 0 Å². The zero-order valence-corrected chi connectivity index (χ0v) is 13.8. The smallest absolute Gasteiger partial charge is 0.0815 e. The maximum atomic E-state index is 5.45. The first-order chi connectivity index (χ1) is 9.40. The summed E-state index contributed by atoms with van der Waals surface area (Å²) in [7, 11) is 0. The molecule has 0 aliphatic carbocycles. The van der Waals surface area contributed by atoms with E-state index in [0.29, 0.717) is 12.0 Å². The number of hydrogen-bond donors (Lipinski definition) is 0. The van der Waals surface area contributed by atoms with E-state index in [2.05, 4.69) is 58.9 Å². The van der Waals surface area contributed by atoms with Crippen LogP contribution in [0.15, 0.2) is 24.3 Å². The minimum Gasteiger partial charge on any atom is -0.373 e. The molecule has 0 aromatic heterocycles. The fourth-order valence-corrected chi connectivity index (χ4v) is 2.80. The first-order valence-electron chi connectivity index (χ1n) is 8.12. The van der Waals surface area contributed by atoms with Crippen LogP contribution in [-0.4, -0.2) is 12.7 Å². The van der Waals surface area contributed by atoms with Crippen molar-refractivity contribution < 1.29 is 4.74 Å². The Morgan fingerprint density at radius 2 is 1.80 bits per heavy atom. The van der Waals surface area contributed by atoms with Crippen molar-refractivity contribution in [2.75, 3.05) is 6.61 Å². The number of hydrogen-bond acceptors (Lipinski definition) is 1. The second-order valence-electron chi connectivity index (χ2n) is 7.51. The van der Waals surface area contributed by atoms with Crippen molar-refractivity contribution in [1.82, 2.24) is 0 Å². The number of epoxide rings is 1. The zero-order chi connectivity index (χ0) is 14.8. The summed E-state index contributed by atoms with van der Waals surface area (Å²) in [5.74, 6) is 1.45. The monoisotopic (exact) mass is 274 g/mol. The molecule has 1 heteroatoms. The zero-order valence-electron chi connectivity index (χ0n) is 13.8. The number of rotatable bonds is 6. The molecule has 0 radical (unpaired) electrons. The van der Waals surface area contributed by atoms with Gasteiger partial charge in [0.2, 0.25) is 0 Å². The third-order valence-electron chi connectivity index (χ3n) is 4.58. The molecule has 20 heavy (non-hydrogen) atoms. The van der Waals surface area contributed by atoms with E-state index < -0.39 is 0 Å². The summed E-state index contributed by atoms with van der Waals surface area (Å²) in [5, 5.41) is 0. The maximum absolute atomic E-state index is 5.45. The average molecular weight is 274 g/mol. The Bertz CT molecular complexity index is 408. The van der Waals surface area contributed by atoms with Crippen molar-refractivity contribution >= 4 is 0 Å². The van der Waals surface area contributed by atoms with Crippen LogP contribution < -0.4 is 0 Å². The van der Waals surface area contributed by atoms with Gasteiger partial charge in [-0.15, -0.1) is 0 Å². The molecule has 2 rings (SSSR count). The Labute approximate surface area is 124 Å². The molecule has 1 fully saturated rings. The highest BCUT2D eigenvalue weighted by molar-refractivity contribution is 5.29. The average Bonchev–Trinajstić information content (AvgIpc) is 3.21. The standard InChI is InChI=1S/C19H30O/c1-6-14(2)11-16(12-18-13-20-18)15-7-9-17(10-8-15)19(3,4)5/h7-10,14,16,18H,6,11-13H2,1-5H3. The maximum Gasteiger partial charge on any atom is 0.0815 e. The van der Waals surface area contributed by atoms with Crippen molar-refractivity contribution in [2.45, 2.75) is 71.3 Å². The number of ether oxygens (including phenoxy) is 1. The van der Waals surface area contributed by atoms with Gasteiger partial charge in [-0.05, 0) is 41.2 Å². The molecule has 1 aromatic carbocycles. The fourth-order valence-electron chi connectivity index (χ4n) is 2.80. The quantitative estimate of drug-likeness (QED) is 0.642. The Morgan fingerprint density at radius 1 is 1.20 bits per heavy atom. The van der Waals surface area contributed by atoms with Crippen LogP contribution in [0.2, 0.25) is 0 Å². The van der Waals surface area contributed by atoms with Gasteiger partial charge in [-0.2, -0.15) is 0 Å². The molecular weight excluding hydrogens is 244 g/mol. The summed E-state index contributed by atoms with van der Waals surface area (Å²) < 4.78 is 5.45. The lowest BCUT2D eigenvalue weighted by Crippen LogP contribution is -2.12. The molecule has 0 saturated carbocycles. The Hall–Kier alpha value is -0.820. The van der Waals surface area contributed by atoms with E-state index in [1.165, 1.54) is 30.4 Å². The number of benzene rings is 1. The van der Waals surface area contributed by atoms with Crippen LogP contribution in [-0.2, 0) is 10.2 Å². The van der Waals surface area contributed by atoms with E-state index in [1.54, 1.807) is 0 Å². The van der Waals surface area contributed by atoms with Crippen molar-refractivity contribution in [1.29, 1.82) is 0 Å². The molecule has 0 amide bonds. The molecule has 1 heterocycles. The molecule has 0 N–H and O–H groups in total. The molecule has 1 saturated heterocycles. The lowest BCUT2D eigenvalue weighted by Gasteiger charge is -2.23. The van der Waals surface area contributed by atoms with Gasteiger partial charge in [0.25, 0.3) is 0 Å². The van der Waals surface area contributed by atoms with E-state index in [9.17, 15) is 0 Å². The summed E-state index contributed by atoms with van der Waals surface area (Å²) in [4.78, 5) is 0. The lowest BCUT2D eigenvalue weighted by molar-refractivity contribution is 0.355. The molecule has 1 aromatic rings. The van der Waals surface area contributed by atoms with Crippen LogP contribution in [0.3, 0.4) is 0 Å². The molecule has 3 unspecified atom stereocenters. The molecule has 0 bridgehead atoms. The normalized spacial score (nSPS) is 21.6. The van der Waals surface area contributed by atoms with Crippen LogP contribution in [0.4, 0.5) is 0 Å². The highest BCUT2D eigenvalue weighted by Crippen LogP contribution is 2.34. The van der Waals surface area contributed by atoms with E-state index in [1.807, 2.05) is 0 Å². The van der Waals surface area contributed by atoms with E-state index in [-0.39, 0.29) is 5.41 Å². The highest BCUT2D eigenvalue weighted by Gasteiger charge is 2.28.